The van der Waals surface area contributed by atoms with Gasteiger partial charge in [-0.25, -0.2) is 4.79 Å². The van der Waals surface area contributed by atoms with Crippen molar-refractivity contribution in [1.29, 1.82) is 0 Å². The number of nitrogens with one attached hydrogen (secondary N) is 1. The van der Waals surface area contributed by atoms with Crippen molar-refractivity contribution in [3.8, 4) is 5.75 Å². The van der Waals surface area contributed by atoms with E-state index in [1.165, 1.54) is 7.11 Å². The molecule has 16 heavy (non-hydrogen) atoms. The minimum atomic E-state index is -1.09. The van der Waals surface area contributed by atoms with Crippen molar-refractivity contribution in [2.45, 2.75) is 26.2 Å². The van der Waals surface area contributed by atoms with Gasteiger partial charge in [0.05, 0.1) is 12.8 Å². The van der Waals surface area contributed by atoms with Crippen LogP contribution in [0.1, 0.15) is 26.3 Å². The predicted octanol–water partition coefficient (Wildman–Crippen LogP) is 3.08. The molecule has 0 heterocycles. The van der Waals surface area contributed by atoms with E-state index < -0.39 is 6.09 Å². The van der Waals surface area contributed by atoms with Crippen LogP contribution >= 0.6 is 0 Å². The standard InChI is InChI=1S/C12H17NO3/c1-12(2,3)8-5-6-10(16-4)9(7-8)13-11(14)15/h5-7,13H,1-4H3,(H,14,15). The molecule has 0 aromatic heterocycles. The first-order valence-corrected chi connectivity index (χ1v) is 5.03. The Hall–Kier alpha value is -1.71. The molecule has 0 aliphatic heterocycles. The van der Waals surface area contributed by atoms with Crippen LogP contribution in [0.3, 0.4) is 0 Å². The fourth-order valence-corrected chi connectivity index (χ4v) is 1.39. The summed E-state index contributed by atoms with van der Waals surface area (Å²) >= 11 is 0. The zero-order valence-electron chi connectivity index (χ0n) is 10.00. The number of carboxylic acid groups (broad SMARTS) is 1. The molecule has 0 radical (unpaired) electrons. The van der Waals surface area contributed by atoms with Gasteiger partial charge in [-0.3, -0.25) is 5.32 Å². The summed E-state index contributed by atoms with van der Waals surface area (Å²) < 4.78 is 5.09. The SMILES string of the molecule is COc1ccc(C(C)(C)C)cc1NC(=O)O. The predicted molar refractivity (Wildman–Crippen MR) is 63.3 cm³/mol. The van der Waals surface area contributed by atoms with E-state index in [4.69, 9.17) is 9.84 Å². The molecule has 88 valence electrons. The summed E-state index contributed by atoms with van der Waals surface area (Å²) in [4.78, 5) is 10.6. The Bertz CT molecular complexity index is 394. The Morgan fingerprint density at radius 2 is 2.00 bits per heavy atom. The quantitative estimate of drug-likeness (QED) is 0.810. The van der Waals surface area contributed by atoms with Crippen molar-refractivity contribution < 1.29 is 14.6 Å². The highest BCUT2D eigenvalue weighted by Crippen LogP contribution is 2.31. The maximum atomic E-state index is 10.6. The number of ether oxygens (including phenoxy) is 1. The average molecular weight is 223 g/mol. The van der Waals surface area contributed by atoms with Crippen LogP contribution in [0.15, 0.2) is 18.2 Å². The van der Waals surface area contributed by atoms with Crippen LogP contribution in [0.4, 0.5) is 10.5 Å². The number of methoxy groups -OCH3 is 1. The Morgan fingerprint density at radius 1 is 1.38 bits per heavy atom. The van der Waals surface area contributed by atoms with E-state index in [-0.39, 0.29) is 5.41 Å². The second-order valence-electron chi connectivity index (χ2n) is 4.60. The molecule has 0 saturated carbocycles. The van der Waals surface area contributed by atoms with Crippen molar-refractivity contribution in [1.82, 2.24) is 0 Å². The Kier molecular flexibility index (Phi) is 3.42. The summed E-state index contributed by atoms with van der Waals surface area (Å²) in [6.45, 7) is 6.21. The van der Waals surface area contributed by atoms with Crippen molar-refractivity contribution in [2.24, 2.45) is 0 Å². The van der Waals surface area contributed by atoms with Gasteiger partial charge < -0.3 is 9.84 Å². The molecule has 1 aromatic carbocycles. The van der Waals surface area contributed by atoms with E-state index in [2.05, 4.69) is 26.1 Å². The maximum Gasteiger partial charge on any atom is 0.409 e. The molecule has 0 aliphatic carbocycles. The number of hydrogen-bond donors (Lipinski definition) is 2. The van der Waals surface area contributed by atoms with Crippen LogP contribution in [-0.2, 0) is 5.41 Å². The lowest BCUT2D eigenvalue weighted by Gasteiger charge is -2.20. The monoisotopic (exact) mass is 223 g/mol. The van der Waals surface area contributed by atoms with Crippen LogP contribution in [0.5, 0.6) is 5.75 Å². The first kappa shape index (κ1) is 12.4. The largest absolute Gasteiger partial charge is 0.495 e. The lowest BCUT2D eigenvalue weighted by atomic mass is 9.87. The van der Waals surface area contributed by atoms with Gasteiger partial charge in [0.1, 0.15) is 5.75 Å². The summed E-state index contributed by atoms with van der Waals surface area (Å²) in [6.07, 6.45) is -1.09. The molecular weight excluding hydrogens is 206 g/mol. The van der Waals surface area contributed by atoms with Crippen LogP contribution in [-0.4, -0.2) is 18.3 Å². The van der Waals surface area contributed by atoms with Gasteiger partial charge in [0.2, 0.25) is 0 Å². The molecule has 1 rings (SSSR count). The fraction of sp³-hybridized carbons (Fsp3) is 0.417. The minimum absolute atomic E-state index is 0.0266. The smallest absolute Gasteiger partial charge is 0.409 e. The third-order valence-corrected chi connectivity index (χ3v) is 2.31. The highest BCUT2D eigenvalue weighted by atomic mass is 16.5. The number of anilines is 1. The van der Waals surface area contributed by atoms with E-state index >= 15 is 0 Å². The zero-order valence-corrected chi connectivity index (χ0v) is 10.00. The van der Waals surface area contributed by atoms with Gasteiger partial charge >= 0.3 is 6.09 Å². The van der Waals surface area contributed by atoms with Crippen LogP contribution in [0.25, 0.3) is 0 Å². The van der Waals surface area contributed by atoms with Crippen LogP contribution < -0.4 is 10.1 Å². The molecule has 1 aromatic rings. The van der Waals surface area contributed by atoms with Gasteiger partial charge in [-0.05, 0) is 23.1 Å². The van der Waals surface area contributed by atoms with Gasteiger partial charge in [-0.1, -0.05) is 26.8 Å². The second kappa shape index (κ2) is 4.43. The average Bonchev–Trinajstić information content (AvgIpc) is 2.15. The number of amides is 1. The van der Waals surface area contributed by atoms with Gasteiger partial charge in [-0.2, -0.15) is 0 Å². The normalized spacial score (nSPS) is 11.0. The summed E-state index contributed by atoms with van der Waals surface area (Å²) in [6, 6.07) is 5.50. The zero-order chi connectivity index (χ0) is 12.3. The summed E-state index contributed by atoms with van der Waals surface area (Å²) in [5.74, 6) is 0.524. The molecule has 0 fully saturated rings. The summed E-state index contributed by atoms with van der Waals surface area (Å²) in [5, 5.41) is 11.0. The molecule has 0 aliphatic rings. The highest BCUT2D eigenvalue weighted by Gasteiger charge is 2.16. The number of benzene rings is 1. The van der Waals surface area contributed by atoms with Gasteiger partial charge in [0.15, 0.2) is 0 Å². The molecular formula is C12H17NO3. The molecule has 2 N–H and O–H groups in total. The van der Waals surface area contributed by atoms with Crippen molar-refractivity contribution in [2.75, 3.05) is 12.4 Å². The van der Waals surface area contributed by atoms with E-state index in [0.29, 0.717) is 11.4 Å². The third-order valence-electron chi connectivity index (χ3n) is 2.31. The lowest BCUT2D eigenvalue weighted by molar-refractivity contribution is 0.209. The first-order chi connectivity index (χ1) is 7.34. The Labute approximate surface area is 95.2 Å². The van der Waals surface area contributed by atoms with Crippen molar-refractivity contribution in [3.63, 3.8) is 0 Å². The number of hydrogen-bond acceptors (Lipinski definition) is 2. The van der Waals surface area contributed by atoms with Gasteiger partial charge in [-0.15, -0.1) is 0 Å². The molecule has 0 saturated heterocycles. The van der Waals surface area contributed by atoms with Gasteiger partial charge in [0.25, 0.3) is 0 Å². The Morgan fingerprint density at radius 3 is 2.44 bits per heavy atom. The third kappa shape index (κ3) is 2.89. The fourth-order valence-electron chi connectivity index (χ4n) is 1.39. The summed E-state index contributed by atoms with van der Waals surface area (Å²) in [5.41, 5.74) is 1.50. The van der Waals surface area contributed by atoms with Crippen LogP contribution in [0, 0.1) is 0 Å². The minimum Gasteiger partial charge on any atom is -0.495 e. The highest BCUT2D eigenvalue weighted by molar-refractivity contribution is 5.85. The molecule has 4 nitrogen and oxygen atoms in total. The van der Waals surface area contributed by atoms with E-state index in [1.54, 1.807) is 12.1 Å². The maximum absolute atomic E-state index is 10.6. The van der Waals surface area contributed by atoms with Crippen molar-refractivity contribution >= 4 is 11.8 Å². The topological polar surface area (TPSA) is 58.6 Å². The first-order valence-electron chi connectivity index (χ1n) is 5.03. The van der Waals surface area contributed by atoms with E-state index in [9.17, 15) is 4.79 Å². The van der Waals surface area contributed by atoms with E-state index in [1.807, 2.05) is 6.07 Å². The number of carbonyl (C=O) groups is 1. The Balaban J connectivity index is 3.16. The lowest BCUT2D eigenvalue weighted by Crippen LogP contribution is -2.13. The van der Waals surface area contributed by atoms with Crippen molar-refractivity contribution in [3.05, 3.63) is 23.8 Å². The van der Waals surface area contributed by atoms with Crippen LogP contribution in [0.2, 0.25) is 0 Å². The molecule has 0 bridgehead atoms. The summed E-state index contributed by atoms with van der Waals surface area (Å²) in [7, 11) is 1.51. The number of rotatable bonds is 2. The van der Waals surface area contributed by atoms with E-state index in [0.717, 1.165) is 5.56 Å². The molecule has 0 unspecified atom stereocenters. The van der Waals surface area contributed by atoms with Gasteiger partial charge in [0, 0.05) is 0 Å². The molecule has 0 atom stereocenters. The molecule has 4 heteroatoms. The second-order valence-corrected chi connectivity index (χ2v) is 4.60. The molecule has 1 amide bonds. The molecule has 0 spiro atoms.